The minimum Gasteiger partial charge on any atom is -0.496 e. The van der Waals surface area contributed by atoms with Crippen molar-refractivity contribution in [3.05, 3.63) is 29.3 Å². The van der Waals surface area contributed by atoms with Crippen molar-refractivity contribution in [3.63, 3.8) is 0 Å². The topological polar surface area (TPSA) is 73.6 Å². The van der Waals surface area contributed by atoms with Crippen molar-refractivity contribution in [1.29, 1.82) is 0 Å². The number of hydrogen-bond donors (Lipinski definition) is 2. The Morgan fingerprint density at radius 1 is 1.38 bits per heavy atom. The van der Waals surface area contributed by atoms with Crippen LogP contribution in [-0.4, -0.2) is 26.7 Å². The molecule has 0 aliphatic rings. The molecular weight excluding hydrogens is 268 g/mol. The second kappa shape index (κ2) is 7.43. The van der Waals surface area contributed by atoms with E-state index in [0.29, 0.717) is 13.2 Å². The number of rotatable bonds is 8. The molecule has 1 atom stereocenters. The van der Waals surface area contributed by atoms with Gasteiger partial charge in [-0.3, -0.25) is 4.79 Å². The fourth-order valence-corrected chi connectivity index (χ4v) is 1.95. The number of hydrogen-bond acceptors (Lipinski definition) is 4. The van der Waals surface area contributed by atoms with Crippen LogP contribution in [0.2, 0.25) is 0 Å². The van der Waals surface area contributed by atoms with Gasteiger partial charge < -0.3 is 20.5 Å². The summed E-state index contributed by atoms with van der Waals surface area (Å²) in [4.78, 5) is 11.3. The van der Waals surface area contributed by atoms with Crippen LogP contribution in [0.4, 0.5) is 0 Å². The van der Waals surface area contributed by atoms with E-state index in [4.69, 9.17) is 15.2 Å². The van der Waals surface area contributed by atoms with Gasteiger partial charge in [0, 0.05) is 25.3 Å². The Balaban J connectivity index is 2.80. The molecule has 0 radical (unpaired) electrons. The number of carbonyl (C=O) groups is 1. The molecule has 21 heavy (non-hydrogen) atoms. The van der Waals surface area contributed by atoms with Crippen LogP contribution in [0.5, 0.6) is 5.75 Å². The Morgan fingerprint density at radius 3 is 2.57 bits per heavy atom. The van der Waals surface area contributed by atoms with Crippen molar-refractivity contribution in [1.82, 2.24) is 5.32 Å². The van der Waals surface area contributed by atoms with E-state index in [1.165, 1.54) is 0 Å². The number of benzene rings is 1. The van der Waals surface area contributed by atoms with Gasteiger partial charge in [-0.2, -0.15) is 0 Å². The third-order valence-corrected chi connectivity index (χ3v) is 3.62. The molecular formula is C16H26N2O3. The molecule has 0 saturated carbocycles. The van der Waals surface area contributed by atoms with Crippen LogP contribution in [0.15, 0.2) is 18.2 Å². The van der Waals surface area contributed by atoms with E-state index in [9.17, 15) is 4.79 Å². The van der Waals surface area contributed by atoms with Crippen molar-refractivity contribution in [2.75, 3.05) is 20.8 Å². The van der Waals surface area contributed by atoms with Gasteiger partial charge in [-0.05, 0) is 38.5 Å². The summed E-state index contributed by atoms with van der Waals surface area (Å²) < 4.78 is 10.5. The summed E-state index contributed by atoms with van der Waals surface area (Å²) in [5.41, 5.74) is 6.93. The average Bonchev–Trinajstić information content (AvgIpc) is 2.45. The van der Waals surface area contributed by atoms with E-state index in [1.54, 1.807) is 14.2 Å². The summed E-state index contributed by atoms with van der Waals surface area (Å²) in [5, 5.41) is 3.34. The summed E-state index contributed by atoms with van der Waals surface area (Å²) in [6.45, 7) is 6.74. The molecule has 5 nitrogen and oxygen atoms in total. The fourth-order valence-electron chi connectivity index (χ4n) is 1.95. The molecule has 5 heteroatoms. The van der Waals surface area contributed by atoms with Gasteiger partial charge in [-0.25, -0.2) is 0 Å². The number of carbonyl (C=O) groups excluding carboxylic acids is 1. The molecule has 0 spiro atoms. The lowest BCUT2D eigenvalue weighted by Gasteiger charge is -2.24. The lowest BCUT2D eigenvalue weighted by Crippen LogP contribution is -2.41. The number of nitrogens with two attached hydrogens (primary N) is 1. The van der Waals surface area contributed by atoms with Crippen molar-refractivity contribution < 1.29 is 14.3 Å². The second-order valence-corrected chi connectivity index (χ2v) is 5.86. The Morgan fingerprint density at radius 2 is 2.05 bits per heavy atom. The van der Waals surface area contributed by atoms with Crippen molar-refractivity contribution in [2.24, 2.45) is 11.1 Å². The molecule has 1 aromatic carbocycles. The Hall–Kier alpha value is -1.59. The SMILES string of the molecule is COCc1cc(C(C)NCC(C)(C)C(N)=O)ccc1OC. The first-order chi connectivity index (χ1) is 9.81. The normalized spacial score (nSPS) is 13.0. The van der Waals surface area contributed by atoms with Gasteiger partial charge in [0.1, 0.15) is 5.75 Å². The van der Waals surface area contributed by atoms with E-state index in [-0.39, 0.29) is 11.9 Å². The minimum absolute atomic E-state index is 0.102. The first kappa shape index (κ1) is 17.5. The van der Waals surface area contributed by atoms with E-state index in [0.717, 1.165) is 16.9 Å². The number of amides is 1. The van der Waals surface area contributed by atoms with Crippen LogP contribution in [0.1, 0.15) is 37.9 Å². The largest absolute Gasteiger partial charge is 0.496 e. The molecule has 0 aliphatic carbocycles. The highest BCUT2D eigenvalue weighted by Crippen LogP contribution is 2.24. The quantitative estimate of drug-likeness (QED) is 0.769. The van der Waals surface area contributed by atoms with Gasteiger partial charge >= 0.3 is 0 Å². The lowest BCUT2D eigenvalue weighted by molar-refractivity contribution is -0.125. The first-order valence-corrected chi connectivity index (χ1v) is 7.01. The predicted octanol–water partition coefficient (Wildman–Crippen LogP) is 2.00. The lowest BCUT2D eigenvalue weighted by atomic mass is 9.92. The highest BCUT2D eigenvalue weighted by Gasteiger charge is 2.25. The van der Waals surface area contributed by atoms with Crippen molar-refractivity contribution in [2.45, 2.75) is 33.4 Å². The Bertz CT molecular complexity index is 486. The molecule has 0 heterocycles. The number of nitrogens with one attached hydrogen (secondary N) is 1. The van der Waals surface area contributed by atoms with Gasteiger partial charge in [-0.15, -0.1) is 0 Å². The van der Waals surface area contributed by atoms with Gasteiger partial charge in [0.2, 0.25) is 5.91 Å². The molecule has 118 valence electrons. The monoisotopic (exact) mass is 294 g/mol. The second-order valence-electron chi connectivity index (χ2n) is 5.86. The van der Waals surface area contributed by atoms with Gasteiger partial charge in [-0.1, -0.05) is 6.07 Å². The van der Waals surface area contributed by atoms with Gasteiger partial charge in [0.15, 0.2) is 0 Å². The number of primary amides is 1. The van der Waals surface area contributed by atoms with Crippen molar-refractivity contribution >= 4 is 5.91 Å². The summed E-state index contributed by atoms with van der Waals surface area (Å²) in [7, 11) is 3.30. The van der Waals surface area contributed by atoms with E-state index >= 15 is 0 Å². The van der Waals surface area contributed by atoms with Crippen LogP contribution in [0, 0.1) is 5.41 Å². The van der Waals surface area contributed by atoms with Crippen LogP contribution >= 0.6 is 0 Å². The summed E-state index contributed by atoms with van der Waals surface area (Å²) in [5.74, 6) is 0.502. The summed E-state index contributed by atoms with van der Waals surface area (Å²) in [6, 6.07) is 6.09. The molecule has 1 rings (SSSR count). The molecule has 0 bridgehead atoms. The molecule has 0 aliphatic heterocycles. The molecule has 0 fully saturated rings. The maximum absolute atomic E-state index is 11.3. The van der Waals surface area contributed by atoms with E-state index in [1.807, 2.05) is 26.0 Å². The van der Waals surface area contributed by atoms with Crippen LogP contribution < -0.4 is 15.8 Å². The summed E-state index contributed by atoms with van der Waals surface area (Å²) >= 11 is 0. The first-order valence-electron chi connectivity index (χ1n) is 7.01. The standard InChI is InChI=1S/C16H26N2O3/c1-11(18-10-16(2,3)15(17)19)12-6-7-14(21-5)13(8-12)9-20-4/h6-8,11,18H,9-10H2,1-5H3,(H2,17,19). The van der Waals surface area contributed by atoms with Crippen molar-refractivity contribution in [3.8, 4) is 5.75 Å². The fraction of sp³-hybridized carbons (Fsp3) is 0.562. The molecule has 1 amide bonds. The third kappa shape index (κ3) is 4.72. The summed E-state index contributed by atoms with van der Waals surface area (Å²) in [6.07, 6.45) is 0. The molecule has 1 unspecified atom stereocenters. The van der Waals surface area contributed by atoms with E-state index in [2.05, 4.69) is 18.3 Å². The molecule has 0 aromatic heterocycles. The van der Waals surface area contributed by atoms with Gasteiger partial charge in [0.25, 0.3) is 0 Å². The van der Waals surface area contributed by atoms with Crippen LogP contribution in [0.3, 0.4) is 0 Å². The molecule has 1 aromatic rings. The Kier molecular flexibility index (Phi) is 6.18. The smallest absolute Gasteiger partial charge is 0.224 e. The zero-order valence-corrected chi connectivity index (χ0v) is 13.5. The average molecular weight is 294 g/mol. The maximum Gasteiger partial charge on any atom is 0.224 e. The molecule has 3 N–H and O–H groups in total. The highest BCUT2D eigenvalue weighted by atomic mass is 16.5. The minimum atomic E-state index is -0.573. The predicted molar refractivity (Wildman–Crippen MR) is 83.1 cm³/mol. The highest BCUT2D eigenvalue weighted by molar-refractivity contribution is 5.80. The number of ether oxygens (including phenoxy) is 2. The zero-order valence-electron chi connectivity index (χ0n) is 13.5. The maximum atomic E-state index is 11.3. The van der Waals surface area contributed by atoms with Gasteiger partial charge in [0.05, 0.1) is 19.1 Å². The third-order valence-electron chi connectivity index (χ3n) is 3.62. The van der Waals surface area contributed by atoms with Crippen LogP contribution in [0.25, 0.3) is 0 Å². The van der Waals surface area contributed by atoms with Crippen LogP contribution in [-0.2, 0) is 16.1 Å². The number of methoxy groups -OCH3 is 2. The van der Waals surface area contributed by atoms with E-state index < -0.39 is 5.41 Å². The molecule has 0 saturated heterocycles. The zero-order chi connectivity index (χ0) is 16.0. The Labute approximate surface area is 126 Å².